The Hall–Kier alpha value is -0.860. The fourth-order valence-electron chi connectivity index (χ4n) is 3.71. The van der Waals surface area contributed by atoms with Crippen molar-refractivity contribution in [1.82, 2.24) is 10.2 Å². The summed E-state index contributed by atoms with van der Waals surface area (Å²) in [6, 6.07) is 8.44. The van der Waals surface area contributed by atoms with Crippen molar-refractivity contribution in [1.29, 1.82) is 0 Å². The van der Waals surface area contributed by atoms with Crippen LogP contribution in [0.5, 0.6) is 0 Å². The van der Waals surface area contributed by atoms with E-state index in [1.165, 1.54) is 55.5 Å². The zero-order valence-electron chi connectivity index (χ0n) is 13.9. The van der Waals surface area contributed by atoms with E-state index in [1.54, 1.807) is 0 Å². The van der Waals surface area contributed by atoms with Gasteiger partial charge in [-0.25, -0.2) is 0 Å². The van der Waals surface area contributed by atoms with E-state index >= 15 is 0 Å². The number of hydrogen-bond acceptors (Lipinski definition) is 2. The van der Waals surface area contributed by atoms with Crippen molar-refractivity contribution in [3.05, 3.63) is 34.9 Å². The summed E-state index contributed by atoms with van der Waals surface area (Å²) in [7, 11) is 0. The maximum Gasteiger partial charge on any atom is 0.0253 e. The lowest BCUT2D eigenvalue weighted by atomic mass is 10.00. The molecule has 116 valence electrons. The van der Waals surface area contributed by atoms with Crippen LogP contribution in [-0.2, 0) is 6.54 Å². The SMILES string of the molecule is CCCC1CN(Cc2ccc(C)c(C)c2)C(C2CC2)CN1. The molecular formula is C19H30N2. The first-order valence-electron chi connectivity index (χ1n) is 8.71. The largest absolute Gasteiger partial charge is 0.311 e. The minimum atomic E-state index is 0.691. The predicted molar refractivity (Wildman–Crippen MR) is 89.5 cm³/mol. The number of nitrogens with one attached hydrogen (secondary N) is 1. The van der Waals surface area contributed by atoms with Crippen LogP contribution in [0.1, 0.15) is 49.3 Å². The van der Waals surface area contributed by atoms with Gasteiger partial charge < -0.3 is 5.32 Å². The van der Waals surface area contributed by atoms with Crippen LogP contribution < -0.4 is 5.32 Å². The van der Waals surface area contributed by atoms with E-state index in [-0.39, 0.29) is 0 Å². The summed E-state index contributed by atoms with van der Waals surface area (Å²) in [4.78, 5) is 2.76. The van der Waals surface area contributed by atoms with E-state index < -0.39 is 0 Å². The van der Waals surface area contributed by atoms with E-state index in [1.807, 2.05) is 0 Å². The average molecular weight is 286 g/mol. The second-order valence-electron chi connectivity index (χ2n) is 7.15. The van der Waals surface area contributed by atoms with E-state index in [0.29, 0.717) is 6.04 Å². The average Bonchev–Trinajstić information content (AvgIpc) is 3.28. The van der Waals surface area contributed by atoms with Crippen LogP contribution in [0, 0.1) is 19.8 Å². The molecule has 1 N–H and O–H groups in total. The van der Waals surface area contributed by atoms with E-state index in [0.717, 1.165) is 18.5 Å². The second kappa shape index (κ2) is 6.50. The smallest absolute Gasteiger partial charge is 0.0253 e. The third-order valence-corrected chi connectivity index (χ3v) is 5.30. The Balaban J connectivity index is 1.70. The molecule has 21 heavy (non-hydrogen) atoms. The highest BCUT2D eigenvalue weighted by molar-refractivity contribution is 5.30. The number of aryl methyl sites for hydroxylation is 2. The Labute approximate surface area is 129 Å². The van der Waals surface area contributed by atoms with E-state index in [9.17, 15) is 0 Å². The molecule has 3 rings (SSSR count). The first-order valence-corrected chi connectivity index (χ1v) is 8.71. The predicted octanol–water partition coefficient (Wildman–Crippen LogP) is 3.66. The molecular weight excluding hydrogens is 256 g/mol. The monoisotopic (exact) mass is 286 g/mol. The van der Waals surface area contributed by atoms with Crippen LogP contribution in [0.3, 0.4) is 0 Å². The molecule has 0 aromatic heterocycles. The Bertz CT molecular complexity index is 478. The topological polar surface area (TPSA) is 15.3 Å². The standard InChI is InChI=1S/C19H30N2/c1-4-5-18-13-21(19(11-20-18)17-8-9-17)12-16-7-6-14(2)15(3)10-16/h6-7,10,17-20H,4-5,8-9,11-13H2,1-3H3. The highest BCUT2D eigenvalue weighted by Gasteiger charge is 2.38. The summed E-state index contributed by atoms with van der Waals surface area (Å²) >= 11 is 0. The summed E-state index contributed by atoms with van der Waals surface area (Å²) in [6.45, 7) is 10.3. The molecule has 1 heterocycles. The maximum absolute atomic E-state index is 3.79. The van der Waals surface area contributed by atoms with Gasteiger partial charge in [0.05, 0.1) is 0 Å². The molecule has 1 aliphatic carbocycles. The second-order valence-corrected chi connectivity index (χ2v) is 7.15. The van der Waals surface area contributed by atoms with Gasteiger partial charge in [-0.15, -0.1) is 0 Å². The van der Waals surface area contributed by atoms with Crippen molar-refractivity contribution in [2.45, 2.75) is 65.1 Å². The highest BCUT2D eigenvalue weighted by atomic mass is 15.2. The summed E-state index contributed by atoms with van der Waals surface area (Å²) in [6.07, 6.45) is 5.46. The molecule has 2 aliphatic rings. The first-order chi connectivity index (χ1) is 10.2. The maximum atomic E-state index is 3.79. The van der Waals surface area contributed by atoms with Gasteiger partial charge in [-0.05, 0) is 55.7 Å². The first kappa shape index (κ1) is 15.1. The Kier molecular flexibility index (Phi) is 4.66. The van der Waals surface area contributed by atoms with Crippen LogP contribution in [0.15, 0.2) is 18.2 Å². The molecule has 2 atom stereocenters. The summed E-state index contributed by atoms with van der Waals surface area (Å²) in [5, 5.41) is 3.79. The van der Waals surface area contributed by atoms with Crippen molar-refractivity contribution >= 4 is 0 Å². The molecule has 0 spiro atoms. The molecule has 2 unspecified atom stereocenters. The van der Waals surface area contributed by atoms with Crippen molar-refractivity contribution < 1.29 is 0 Å². The Morgan fingerprint density at radius 2 is 2.00 bits per heavy atom. The molecule has 0 bridgehead atoms. The normalized spacial score (nSPS) is 27.0. The molecule has 2 heteroatoms. The van der Waals surface area contributed by atoms with E-state index in [4.69, 9.17) is 0 Å². The van der Waals surface area contributed by atoms with Crippen molar-refractivity contribution in [2.24, 2.45) is 5.92 Å². The number of piperazine rings is 1. The Morgan fingerprint density at radius 3 is 2.67 bits per heavy atom. The van der Waals surface area contributed by atoms with Crippen molar-refractivity contribution in [2.75, 3.05) is 13.1 Å². The van der Waals surface area contributed by atoms with Crippen molar-refractivity contribution in [3.8, 4) is 0 Å². The summed E-state index contributed by atoms with van der Waals surface area (Å²) in [5.41, 5.74) is 4.32. The molecule has 2 fully saturated rings. The molecule has 0 radical (unpaired) electrons. The quantitative estimate of drug-likeness (QED) is 0.888. The van der Waals surface area contributed by atoms with Crippen LogP contribution in [0.25, 0.3) is 0 Å². The lowest BCUT2D eigenvalue weighted by molar-refractivity contribution is 0.104. The third-order valence-electron chi connectivity index (χ3n) is 5.30. The van der Waals surface area contributed by atoms with Gasteiger partial charge in [0, 0.05) is 31.7 Å². The van der Waals surface area contributed by atoms with Gasteiger partial charge >= 0.3 is 0 Å². The molecule has 1 aliphatic heterocycles. The number of rotatable bonds is 5. The zero-order chi connectivity index (χ0) is 14.8. The molecule has 2 nitrogen and oxygen atoms in total. The highest BCUT2D eigenvalue weighted by Crippen LogP contribution is 2.37. The van der Waals surface area contributed by atoms with E-state index in [2.05, 4.69) is 49.2 Å². The minimum absolute atomic E-state index is 0.691. The molecule has 1 aromatic carbocycles. The van der Waals surface area contributed by atoms with Crippen LogP contribution in [0.4, 0.5) is 0 Å². The van der Waals surface area contributed by atoms with Crippen molar-refractivity contribution in [3.63, 3.8) is 0 Å². The fraction of sp³-hybridized carbons (Fsp3) is 0.684. The van der Waals surface area contributed by atoms with Gasteiger partial charge in [0.15, 0.2) is 0 Å². The minimum Gasteiger partial charge on any atom is -0.311 e. The van der Waals surface area contributed by atoms with Gasteiger partial charge in [0.1, 0.15) is 0 Å². The summed E-state index contributed by atoms with van der Waals surface area (Å²) < 4.78 is 0. The van der Waals surface area contributed by atoms with Crippen LogP contribution in [0.2, 0.25) is 0 Å². The lowest BCUT2D eigenvalue weighted by Crippen LogP contribution is -2.56. The molecule has 0 amide bonds. The lowest BCUT2D eigenvalue weighted by Gasteiger charge is -2.41. The van der Waals surface area contributed by atoms with Gasteiger partial charge in [0.2, 0.25) is 0 Å². The number of benzene rings is 1. The molecule has 1 aromatic rings. The molecule has 1 saturated carbocycles. The summed E-state index contributed by atoms with van der Waals surface area (Å²) in [5.74, 6) is 0.951. The molecule has 1 saturated heterocycles. The number of nitrogens with zero attached hydrogens (tertiary/aromatic N) is 1. The van der Waals surface area contributed by atoms with Gasteiger partial charge in [-0.2, -0.15) is 0 Å². The Morgan fingerprint density at radius 1 is 1.19 bits per heavy atom. The van der Waals surface area contributed by atoms with Crippen LogP contribution >= 0.6 is 0 Å². The fourth-order valence-corrected chi connectivity index (χ4v) is 3.71. The number of hydrogen-bond donors (Lipinski definition) is 1. The third kappa shape index (κ3) is 3.67. The van der Waals surface area contributed by atoms with Gasteiger partial charge in [0.25, 0.3) is 0 Å². The van der Waals surface area contributed by atoms with Gasteiger partial charge in [-0.1, -0.05) is 31.5 Å². The van der Waals surface area contributed by atoms with Crippen LogP contribution in [-0.4, -0.2) is 30.1 Å². The van der Waals surface area contributed by atoms with Gasteiger partial charge in [-0.3, -0.25) is 4.90 Å². The zero-order valence-corrected chi connectivity index (χ0v) is 13.9.